The molecule has 88 valence electrons. The summed E-state index contributed by atoms with van der Waals surface area (Å²) in [5.74, 6) is 3.26. The van der Waals surface area contributed by atoms with Gasteiger partial charge < -0.3 is 5.32 Å². The molecule has 2 aliphatic rings. The van der Waals surface area contributed by atoms with Gasteiger partial charge in [0.2, 0.25) is 0 Å². The molecule has 1 aromatic heterocycles. The molecule has 1 aromatic rings. The lowest BCUT2D eigenvalue weighted by molar-refractivity contribution is 0.348. The highest BCUT2D eigenvalue weighted by Gasteiger charge is 2.39. The van der Waals surface area contributed by atoms with Crippen molar-refractivity contribution in [1.82, 2.24) is 10.2 Å². The van der Waals surface area contributed by atoms with Crippen molar-refractivity contribution in [2.75, 3.05) is 11.9 Å². The molecule has 0 saturated heterocycles. The van der Waals surface area contributed by atoms with Crippen molar-refractivity contribution in [3.63, 3.8) is 0 Å². The van der Waals surface area contributed by atoms with Gasteiger partial charge >= 0.3 is 0 Å². The molecule has 17 heavy (non-hydrogen) atoms. The Morgan fingerprint density at radius 1 is 1.41 bits per heavy atom. The molecule has 2 saturated carbocycles. The van der Waals surface area contributed by atoms with E-state index >= 15 is 0 Å². The van der Waals surface area contributed by atoms with Crippen molar-refractivity contribution >= 4 is 5.82 Å². The molecule has 2 fully saturated rings. The van der Waals surface area contributed by atoms with E-state index in [9.17, 15) is 0 Å². The number of nitrogens with one attached hydrogen (secondary N) is 1. The molecule has 0 amide bonds. The highest BCUT2D eigenvalue weighted by molar-refractivity contribution is 5.50. The normalized spacial score (nSPS) is 30.2. The van der Waals surface area contributed by atoms with E-state index < -0.39 is 0 Å². The zero-order valence-corrected chi connectivity index (χ0v) is 9.76. The van der Waals surface area contributed by atoms with Gasteiger partial charge in [-0.1, -0.05) is 6.42 Å². The second kappa shape index (κ2) is 4.33. The minimum atomic E-state index is 0.586. The third-order valence-electron chi connectivity index (χ3n) is 4.26. The smallest absolute Gasteiger partial charge is 0.166 e. The van der Waals surface area contributed by atoms with Gasteiger partial charge in [-0.2, -0.15) is 10.4 Å². The van der Waals surface area contributed by atoms with Crippen LogP contribution in [0.1, 0.15) is 31.2 Å². The largest absolute Gasteiger partial charge is 0.367 e. The van der Waals surface area contributed by atoms with Gasteiger partial charge in [-0.25, -0.2) is 0 Å². The lowest BCUT2D eigenvalue weighted by atomic mass is 9.89. The van der Waals surface area contributed by atoms with Crippen LogP contribution in [-0.4, -0.2) is 16.7 Å². The van der Waals surface area contributed by atoms with Crippen LogP contribution in [0.2, 0.25) is 0 Å². The zero-order valence-electron chi connectivity index (χ0n) is 9.76. The van der Waals surface area contributed by atoms with Crippen molar-refractivity contribution in [2.24, 2.45) is 17.8 Å². The van der Waals surface area contributed by atoms with E-state index in [1.807, 2.05) is 0 Å². The molecule has 3 rings (SSSR count). The molecule has 0 aromatic carbocycles. The van der Waals surface area contributed by atoms with Gasteiger partial charge in [-0.05, 0) is 43.1 Å². The molecule has 2 aliphatic carbocycles. The minimum Gasteiger partial charge on any atom is -0.367 e. The number of aromatic nitrogens is 2. The number of hydrogen-bond acceptors (Lipinski definition) is 4. The summed E-state index contributed by atoms with van der Waals surface area (Å²) in [6, 6.07) is 3.84. The van der Waals surface area contributed by atoms with Crippen molar-refractivity contribution in [3.05, 3.63) is 17.8 Å². The number of fused-ring (bicyclic) bond motifs is 2. The SMILES string of the molecule is N#Cc1ccnnc1NCC1CC2CCC1C2. The summed E-state index contributed by atoms with van der Waals surface area (Å²) in [5.41, 5.74) is 0.586. The van der Waals surface area contributed by atoms with Gasteiger partial charge in [-0.3, -0.25) is 0 Å². The summed E-state index contributed by atoms with van der Waals surface area (Å²) in [7, 11) is 0. The van der Waals surface area contributed by atoms with Crippen molar-refractivity contribution in [2.45, 2.75) is 25.7 Å². The average Bonchev–Trinajstić information content (AvgIpc) is 2.98. The highest BCUT2D eigenvalue weighted by atomic mass is 15.2. The second-order valence-electron chi connectivity index (χ2n) is 5.22. The standard InChI is InChI=1S/C13H16N4/c14-7-11-3-4-16-17-13(11)15-8-12-6-9-1-2-10(12)5-9/h3-4,9-10,12H,1-2,5-6,8H2,(H,15,17). The number of hydrogen-bond donors (Lipinski definition) is 1. The summed E-state index contributed by atoms with van der Waals surface area (Å²) in [5, 5.41) is 20.1. The van der Waals surface area contributed by atoms with Crippen molar-refractivity contribution < 1.29 is 0 Å². The van der Waals surface area contributed by atoms with E-state index in [0.29, 0.717) is 11.4 Å². The van der Waals surface area contributed by atoms with E-state index in [2.05, 4.69) is 21.6 Å². The van der Waals surface area contributed by atoms with E-state index in [1.54, 1.807) is 12.3 Å². The topological polar surface area (TPSA) is 61.6 Å². The maximum Gasteiger partial charge on any atom is 0.166 e. The average molecular weight is 228 g/mol. The predicted octanol–water partition coefficient (Wildman–Crippen LogP) is 2.20. The fraction of sp³-hybridized carbons (Fsp3) is 0.615. The van der Waals surface area contributed by atoms with E-state index in [-0.39, 0.29) is 0 Å². The van der Waals surface area contributed by atoms with E-state index in [1.165, 1.54) is 25.7 Å². The summed E-state index contributed by atoms with van der Waals surface area (Å²) in [6.07, 6.45) is 7.14. The Bertz CT molecular complexity index is 451. The van der Waals surface area contributed by atoms with Gasteiger partial charge in [-0.15, -0.1) is 5.10 Å². The van der Waals surface area contributed by atoms with Crippen LogP contribution in [-0.2, 0) is 0 Å². The first-order valence-electron chi connectivity index (χ1n) is 6.32. The van der Waals surface area contributed by atoms with Gasteiger partial charge in [0, 0.05) is 6.54 Å². The van der Waals surface area contributed by atoms with Crippen LogP contribution in [0, 0.1) is 29.1 Å². The van der Waals surface area contributed by atoms with Gasteiger partial charge in [0.25, 0.3) is 0 Å². The van der Waals surface area contributed by atoms with Crippen LogP contribution < -0.4 is 5.32 Å². The van der Waals surface area contributed by atoms with Crippen molar-refractivity contribution in [1.29, 1.82) is 5.26 Å². The lowest BCUT2D eigenvalue weighted by Crippen LogP contribution is -2.21. The third kappa shape index (κ3) is 1.97. The van der Waals surface area contributed by atoms with Crippen LogP contribution in [0.3, 0.4) is 0 Å². The summed E-state index contributed by atoms with van der Waals surface area (Å²) >= 11 is 0. The zero-order chi connectivity index (χ0) is 11.7. The molecule has 1 N–H and O–H groups in total. The molecule has 0 aliphatic heterocycles. The fourth-order valence-corrected chi connectivity index (χ4v) is 3.41. The van der Waals surface area contributed by atoms with Crippen LogP contribution >= 0.6 is 0 Å². The molecule has 1 heterocycles. The molecule has 0 radical (unpaired) electrons. The molecule has 3 unspecified atom stereocenters. The Kier molecular flexibility index (Phi) is 2.68. The first-order valence-corrected chi connectivity index (χ1v) is 6.32. The Morgan fingerprint density at radius 2 is 2.35 bits per heavy atom. The number of nitrogens with zero attached hydrogens (tertiary/aromatic N) is 3. The van der Waals surface area contributed by atoms with Crippen molar-refractivity contribution in [3.8, 4) is 6.07 Å². The third-order valence-corrected chi connectivity index (χ3v) is 4.26. The molecule has 3 atom stereocenters. The van der Waals surface area contributed by atoms with E-state index in [4.69, 9.17) is 5.26 Å². The Hall–Kier alpha value is -1.63. The number of nitriles is 1. The summed E-state index contributed by atoms with van der Waals surface area (Å²) < 4.78 is 0. The van der Waals surface area contributed by atoms with Crippen LogP contribution in [0.25, 0.3) is 0 Å². The molecular weight excluding hydrogens is 212 g/mol. The lowest BCUT2D eigenvalue weighted by Gasteiger charge is -2.22. The number of anilines is 1. The molecule has 4 nitrogen and oxygen atoms in total. The Labute approximate surface area is 101 Å². The summed E-state index contributed by atoms with van der Waals surface area (Å²) in [6.45, 7) is 0.939. The first kappa shape index (κ1) is 10.5. The van der Waals surface area contributed by atoms with E-state index in [0.717, 1.165) is 24.3 Å². The van der Waals surface area contributed by atoms with Crippen LogP contribution in [0.5, 0.6) is 0 Å². The summed E-state index contributed by atoms with van der Waals surface area (Å²) in [4.78, 5) is 0. The van der Waals surface area contributed by atoms with Gasteiger partial charge in [0.1, 0.15) is 6.07 Å². The van der Waals surface area contributed by atoms with Gasteiger partial charge in [0.15, 0.2) is 5.82 Å². The minimum absolute atomic E-state index is 0.586. The highest BCUT2D eigenvalue weighted by Crippen LogP contribution is 2.48. The fourth-order valence-electron chi connectivity index (χ4n) is 3.41. The molecule has 2 bridgehead atoms. The molecular formula is C13H16N4. The quantitative estimate of drug-likeness (QED) is 0.861. The number of rotatable bonds is 3. The predicted molar refractivity (Wildman–Crippen MR) is 64.2 cm³/mol. The maximum absolute atomic E-state index is 8.96. The Morgan fingerprint density at radius 3 is 3.06 bits per heavy atom. The van der Waals surface area contributed by atoms with Crippen LogP contribution in [0.15, 0.2) is 12.3 Å². The second-order valence-corrected chi connectivity index (χ2v) is 5.22. The maximum atomic E-state index is 8.96. The first-order chi connectivity index (χ1) is 8.36. The van der Waals surface area contributed by atoms with Crippen LogP contribution in [0.4, 0.5) is 5.82 Å². The monoisotopic (exact) mass is 228 g/mol. The molecule has 4 heteroatoms. The Balaban J connectivity index is 1.63. The molecule has 0 spiro atoms. The van der Waals surface area contributed by atoms with Gasteiger partial charge in [0.05, 0.1) is 11.8 Å².